The summed E-state index contributed by atoms with van der Waals surface area (Å²) in [6.07, 6.45) is 0.900. The molecule has 0 N–H and O–H groups in total. The Labute approximate surface area is 138 Å². The normalized spacial score (nSPS) is 15.9. The number of rotatable bonds is 3. The van der Waals surface area contributed by atoms with E-state index in [1.54, 1.807) is 6.07 Å². The van der Waals surface area contributed by atoms with Gasteiger partial charge >= 0.3 is 5.97 Å². The lowest BCUT2D eigenvalue weighted by molar-refractivity contribution is 0.0596. The molecule has 1 heterocycles. The van der Waals surface area contributed by atoms with Gasteiger partial charge in [-0.3, -0.25) is 0 Å². The zero-order valence-electron chi connectivity index (χ0n) is 14.4. The Morgan fingerprint density at radius 1 is 1.23 bits per heavy atom. The Morgan fingerprint density at radius 2 is 1.86 bits per heavy atom. The number of carbonyl (C=O) groups excluding carboxylic acids is 1. The van der Waals surface area contributed by atoms with Crippen LogP contribution in [0.3, 0.4) is 0 Å². The van der Waals surface area contributed by atoms with Gasteiger partial charge in [-0.15, -0.1) is 0 Å². The van der Waals surface area contributed by atoms with Gasteiger partial charge in [-0.25, -0.2) is 4.79 Å². The Kier molecular flexibility index (Phi) is 10.7. The Morgan fingerprint density at radius 3 is 2.32 bits per heavy atom. The number of esters is 1. The zero-order valence-corrected chi connectivity index (χ0v) is 15.1. The molecule has 22 heavy (non-hydrogen) atoms. The van der Waals surface area contributed by atoms with E-state index in [4.69, 9.17) is 25.8 Å². The molecule has 4 nitrogen and oxygen atoms in total. The van der Waals surface area contributed by atoms with Crippen LogP contribution in [0.2, 0.25) is 5.02 Å². The van der Waals surface area contributed by atoms with Crippen molar-refractivity contribution in [1.29, 1.82) is 0 Å². The van der Waals surface area contributed by atoms with Crippen LogP contribution in [0, 0.1) is 0 Å². The van der Waals surface area contributed by atoms with Crippen LogP contribution in [-0.4, -0.2) is 33.4 Å². The SMILES string of the molecule is CC.CC.COC(=O)c1cc(Cl)cc(C2CCOC2)c1OC. The van der Waals surface area contributed by atoms with E-state index in [-0.39, 0.29) is 5.92 Å². The summed E-state index contributed by atoms with van der Waals surface area (Å²) in [5.41, 5.74) is 1.26. The van der Waals surface area contributed by atoms with Crippen molar-refractivity contribution >= 4 is 17.6 Å². The number of benzene rings is 1. The molecular formula is C17H27ClO4. The van der Waals surface area contributed by atoms with Gasteiger partial charge in [-0.1, -0.05) is 39.3 Å². The van der Waals surface area contributed by atoms with Crippen LogP contribution in [0.15, 0.2) is 12.1 Å². The molecule has 0 aliphatic carbocycles. The highest BCUT2D eigenvalue weighted by Gasteiger charge is 2.26. The summed E-state index contributed by atoms with van der Waals surface area (Å²) in [4.78, 5) is 11.7. The van der Waals surface area contributed by atoms with E-state index in [0.717, 1.165) is 12.0 Å². The van der Waals surface area contributed by atoms with Gasteiger partial charge in [-0.05, 0) is 18.6 Å². The summed E-state index contributed by atoms with van der Waals surface area (Å²) in [5.74, 6) is 0.290. The fraction of sp³-hybridized carbons (Fsp3) is 0.588. The van der Waals surface area contributed by atoms with Gasteiger partial charge in [0, 0.05) is 23.1 Å². The van der Waals surface area contributed by atoms with Gasteiger partial charge in [0.1, 0.15) is 11.3 Å². The molecule has 0 saturated carbocycles. The van der Waals surface area contributed by atoms with Gasteiger partial charge in [0.25, 0.3) is 0 Å². The molecule has 1 atom stereocenters. The quantitative estimate of drug-likeness (QED) is 0.754. The highest BCUT2D eigenvalue weighted by atomic mass is 35.5. The standard InChI is InChI=1S/C13H15ClO4.2C2H6/c1-16-12-10(8-3-4-18-7-8)5-9(14)6-11(12)13(15)17-2;2*1-2/h5-6,8H,3-4,7H2,1-2H3;2*1-2H3. The van der Waals surface area contributed by atoms with E-state index in [1.807, 2.05) is 33.8 Å². The molecule has 1 aliphatic rings. The van der Waals surface area contributed by atoms with Crippen molar-refractivity contribution in [1.82, 2.24) is 0 Å². The summed E-state index contributed by atoms with van der Waals surface area (Å²) >= 11 is 6.05. The first kappa shape index (κ1) is 20.7. The van der Waals surface area contributed by atoms with Crippen LogP contribution in [-0.2, 0) is 9.47 Å². The number of halogens is 1. The molecule has 1 aromatic carbocycles. The molecule has 1 aromatic rings. The van der Waals surface area contributed by atoms with E-state index in [0.29, 0.717) is 29.5 Å². The molecule has 2 rings (SSSR count). The maximum absolute atomic E-state index is 11.7. The molecular weight excluding hydrogens is 304 g/mol. The maximum atomic E-state index is 11.7. The van der Waals surface area contributed by atoms with Gasteiger partial charge in [-0.2, -0.15) is 0 Å². The lowest BCUT2D eigenvalue weighted by Gasteiger charge is -2.16. The molecule has 5 heteroatoms. The second-order valence-electron chi connectivity index (χ2n) is 4.13. The van der Waals surface area contributed by atoms with Crippen molar-refractivity contribution < 1.29 is 19.0 Å². The van der Waals surface area contributed by atoms with E-state index in [1.165, 1.54) is 14.2 Å². The van der Waals surface area contributed by atoms with Crippen molar-refractivity contribution in [3.8, 4) is 5.75 Å². The van der Waals surface area contributed by atoms with Gasteiger partial charge in [0.05, 0.1) is 20.8 Å². The molecule has 1 aliphatic heterocycles. The predicted molar refractivity (Wildman–Crippen MR) is 90.2 cm³/mol. The largest absolute Gasteiger partial charge is 0.496 e. The molecule has 1 unspecified atom stereocenters. The molecule has 0 spiro atoms. The summed E-state index contributed by atoms with van der Waals surface area (Å²) in [6.45, 7) is 9.34. The lowest BCUT2D eigenvalue weighted by atomic mass is 9.95. The fourth-order valence-electron chi connectivity index (χ4n) is 2.19. The van der Waals surface area contributed by atoms with Crippen LogP contribution in [0.1, 0.15) is 56.0 Å². The molecule has 0 amide bonds. The topological polar surface area (TPSA) is 44.8 Å². The van der Waals surface area contributed by atoms with Crippen LogP contribution < -0.4 is 4.74 Å². The van der Waals surface area contributed by atoms with Crippen molar-refractivity contribution in [3.05, 3.63) is 28.3 Å². The van der Waals surface area contributed by atoms with E-state index in [2.05, 4.69) is 0 Å². The second kappa shape index (κ2) is 11.3. The average Bonchev–Trinajstić information content (AvgIpc) is 3.11. The van der Waals surface area contributed by atoms with Gasteiger partial charge in [0.15, 0.2) is 0 Å². The fourth-order valence-corrected chi connectivity index (χ4v) is 2.41. The summed E-state index contributed by atoms with van der Waals surface area (Å²) < 4.78 is 15.5. The molecule has 0 radical (unpaired) electrons. The highest BCUT2D eigenvalue weighted by molar-refractivity contribution is 6.31. The first-order valence-corrected chi connectivity index (χ1v) is 8.08. The third-order valence-electron chi connectivity index (χ3n) is 3.06. The van der Waals surface area contributed by atoms with Crippen molar-refractivity contribution in [3.63, 3.8) is 0 Å². The first-order chi connectivity index (χ1) is 10.7. The van der Waals surface area contributed by atoms with E-state index in [9.17, 15) is 4.79 Å². The van der Waals surface area contributed by atoms with Crippen molar-refractivity contribution in [2.45, 2.75) is 40.0 Å². The smallest absolute Gasteiger partial charge is 0.341 e. The second-order valence-corrected chi connectivity index (χ2v) is 4.56. The maximum Gasteiger partial charge on any atom is 0.341 e. The summed E-state index contributed by atoms with van der Waals surface area (Å²) in [7, 11) is 2.87. The van der Waals surface area contributed by atoms with E-state index < -0.39 is 5.97 Å². The molecule has 0 bridgehead atoms. The third-order valence-corrected chi connectivity index (χ3v) is 3.28. The number of methoxy groups -OCH3 is 2. The third kappa shape index (κ3) is 5.18. The van der Waals surface area contributed by atoms with Crippen molar-refractivity contribution in [2.24, 2.45) is 0 Å². The highest BCUT2D eigenvalue weighted by Crippen LogP contribution is 2.37. The van der Waals surface area contributed by atoms with Gasteiger partial charge < -0.3 is 14.2 Å². The Hall–Kier alpha value is -1.26. The van der Waals surface area contributed by atoms with Gasteiger partial charge in [0.2, 0.25) is 0 Å². The number of ether oxygens (including phenoxy) is 3. The summed E-state index contributed by atoms with van der Waals surface area (Å²) in [5, 5.41) is 0.498. The molecule has 1 fully saturated rings. The monoisotopic (exact) mass is 330 g/mol. The Bertz CT molecular complexity index is 454. The van der Waals surface area contributed by atoms with Crippen molar-refractivity contribution in [2.75, 3.05) is 27.4 Å². The first-order valence-electron chi connectivity index (χ1n) is 7.71. The van der Waals surface area contributed by atoms with E-state index >= 15 is 0 Å². The molecule has 0 aromatic heterocycles. The minimum Gasteiger partial charge on any atom is -0.496 e. The average molecular weight is 331 g/mol. The predicted octanol–water partition coefficient (Wildman–Crippen LogP) is 4.69. The summed E-state index contributed by atoms with van der Waals surface area (Å²) in [6, 6.07) is 3.39. The number of hydrogen-bond donors (Lipinski definition) is 0. The van der Waals surface area contributed by atoms with Crippen LogP contribution in [0.5, 0.6) is 5.75 Å². The minimum atomic E-state index is -0.450. The molecule has 1 saturated heterocycles. The lowest BCUT2D eigenvalue weighted by Crippen LogP contribution is -2.09. The van der Waals surface area contributed by atoms with Crippen LogP contribution in [0.4, 0.5) is 0 Å². The number of hydrogen-bond acceptors (Lipinski definition) is 4. The van der Waals surface area contributed by atoms with Crippen LogP contribution in [0.25, 0.3) is 0 Å². The molecule has 126 valence electrons. The van der Waals surface area contributed by atoms with Crippen LogP contribution >= 0.6 is 11.6 Å². The minimum absolute atomic E-state index is 0.210. The number of carbonyl (C=O) groups is 1. The Balaban J connectivity index is 0.00000102. The zero-order chi connectivity index (χ0) is 17.1.